The highest BCUT2D eigenvalue weighted by molar-refractivity contribution is 5.88. The smallest absolute Gasteiger partial charge is 0.243 e. The number of amides is 1. The first kappa shape index (κ1) is 13.9. The lowest BCUT2D eigenvalue weighted by atomic mass is 9.98. The molecule has 18 heavy (non-hydrogen) atoms. The predicted octanol–water partition coefficient (Wildman–Crippen LogP) is 3.05. The summed E-state index contributed by atoms with van der Waals surface area (Å²) in [6.07, 6.45) is 12.3. The molecule has 1 saturated carbocycles. The monoisotopic (exact) mass is 252 g/mol. The van der Waals surface area contributed by atoms with Crippen LogP contribution in [0.3, 0.4) is 0 Å². The molecular formula is C15H28N2O. The number of nitrogens with zero attached hydrogens (tertiary/aromatic N) is 1. The van der Waals surface area contributed by atoms with Crippen LogP contribution in [-0.4, -0.2) is 29.6 Å². The summed E-state index contributed by atoms with van der Waals surface area (Å²) >= 11 is 0. The first-order valence-corrected chi connectivity index (χ1v) is 7.83. The quantitative estimate of drug-likeness (QED) is 0.706. The maximum Gasteiger partial charge on any atom is 0.243 e. The Bertz CT molecular complexity index is 272. The van der Waals surface area contributed by atoms with Crippen molar-refractivity contribution in [1.29, 1.82) is 0 Å². The summed E-state index contributed by atoms with van der Waals surface area (Å²) in [6.45, 7) is 3.99. The van der Waals surface area contributed by atoms with Crippen molar-refractivity contribution in [3.63, 3.8) is 0 Å². The van der Waals surface area contributed by atoms with Crippen molar-refractivity contribution in [1.82, 2.24) is 10.2 Å². The minimum Gasteiger partial charge on any atom is -0.328 e. The Hall–Kier alpha value is -0.570. The van der Waals surface area contributed by atoms with Gasteiger partial charge in [-0.3, -0.25) is 10.1 Å². The highest BCUT2D eigenvalue weighted by atomic mass is 16.2. The van der Waals surface area contributed by atoms with Crippen molar-refractivity contribution in [2.75, 3.05) is 13.2 Å². The molecule has 0 radical (unpaired) electrons. The Kier molecular flexibility index (Phi) is 5.04. The third-order valence-electron chi connectivity index (χ3n) is 4.54. The lowest BCUT2D eigenvalue weighted by Crippen LogP contribution is -2.43. The van der Waals surface area contributed by atoms with Crippen LogP contribution in [0.15, 0.2) is 0 Å². The maximum atomic E-state index is 12.4. The number of nitrogens with one attached hydrogen (secondary N) is 1. The van der Waals surface area contributed by atoms with E-state index in [9.17, 15) is 4.79 Å². The molecule has 1 spiro atoms. The van der Waals surface area contributed by atoms with Gasteiger partial charge in [0.05, 0.1) is 12.2 Å². The molecule has 1 saturated heterocycles. The number of hydrogen-bond acceptors (Lipinski definition) is 2. The zero-order valence-corrected chi connectivity index (χ0v) is 11.8. The Morgan fingerprint density at radius 2 is 1.78 bits per heavy atom. The average Bonchev–Trinajstić information content (AvgIpc) is 2.97. The lowest BCUT2D eigenvalue weighted by Gasteiger charge is -2.21. The molecule has 0 aromatic rings. The molecule has 2 fully saturated rings. The van der Waals surface area contributed by atoms with Crippen LogP contribution in [0.5, 0.6) is 0 Å². The molecule has 2 rings (SSSR count). The van der Waals surface area contributed by atoms with Crippen molar-refractivity contribution >= 4 is 5.91 Å². The molecule has 2 aliphatic rings. The van der Waals surface area contributed by atoms with E-state index in [-0.39, 0.29) is 5.54 Å². The zero-order chi connectivity index (χ0) is 12.8. The summed E-state index contributed by atoms with van der Waals surface area (Å²) in [6, 6.07) is 0. The van der Waals surface area contributed by atoms with Gasteiger partial charge < -0.3 is 4.90 Å². The SMILES string of the molecule is CCCCCCCCN1CNC2(CCCC2)C1=O. The van der Waals surface area contributed by atoms with Gasteiger partial charge in [-0.2, -0.15) is 0 Å². The van der Waals surface area contributed by atoms with Crippen LogP contribution in [0.1, 0.15) is 71.1 Å². The van der Waals surface area contributed by atoms with Crippen molar-refractivity contribution in [2.45, 2.75) is 76.7 Å². The van der Waals surface area contributed by atoms with Gasteiger partial charge in [0.1, 0.15) is 0 Å². The first-order valence-electron chi connectivity index (χ1n) is 7.83. The summed E-state index contributed by atoms with van der Waals surface area (Å²) in [7, 11) is 0. The summed E-state index contributed by atoms with van der Waals surface area (Å²) in [5, 5.41) is 3.47. The van der Waals surface area contributed by atoms with Crippen molar-refractivity contribution in [3.8, 4) is 0 Å². The molecular weight excluding hydrogens is 224 g/mol. The molecule has 0 aromatic heterocycles. The number of carbonyl (C=O) groups is 1. The lowest BCUT2D eigenvalue weighted by molar-refractivity contribution is -0.132. The van der Waals surface area contributed by atoms with E-state index >= 15 is 0 Å². The third-order valence-corrected chi connectivity index (χ3v) is 4.54. The maximum absolute atomic E-state index is 12.4. The molecule has 104 valence electrons. The molecule has 0 bridgehead atoms. The van der Waals surface area contributed by atoms with Gasteiger partial charge in [-0.15, -0.1) is 0 Å². The van der Waals surface area contributed by atoms with Gasteiger partial charge >= 0.3 is 0 Å². The van der Waals surface area contributed by atoms with E-state index in [1.807, 2.05) is 4.90 Å². The van der Waals surface area contributed by atoms with Gasteiger partial charge in [0, 0.05) is 6.54 Å². The van der Waals surface area contributed by atoms with Crippen LogP contribution >= 0.6 is 0 Å². The normalized spacial score (nSPS) is 22.3. The Balaban J connectivity index is 1.64. The van der Waals surface area contributed by atoms with E-state index in [2.05, 4.69) is 12.2 Å². The van der Waals surface area contributed by atoms with Crippen LogP contribution < -0.4 is 5.32 Å². The van der Waals surface area contributed by atoms with Gasteiger partial charge in [0.2, 0.25) is 5.91 Å². The zero-order valence-electron chi connectivity index (χ0n) is 11.8. The standard InChI is InChI=1S/C15H28N2O/c1-2-3-4-5-6-9-12-17-13-16-15(14(17)18)10-7-8-11-15/h16H,2-13H2,1H3. The van der Waals surface area contributed by atoms with Gasteiger partial charge in [-0.05, 0) is 19.3 Å². The summed E-state index contributed by atoms with van der Waals surface area (Å²) < 4.78 is 0. The molecule has 1 aliphatic heterocycles. The molecule has 0 aromatic carbocycles. The van der Waals surface area contributed by atoms with Crippen LogP contribution in [-0.2, 0) is 4.79 Å². The van der Waals surface area contributed by atoms with Crippen molar-refractivity contribution < 1.29 is 4.79 Å². The van der Waals surface area contributed by atoms with Gasteiger partial charge in [0.25, 0.3) is 0 Å². The molecule has 1 heterocycles. The van der Waals surface area contributed by atoms with Gasteiger partial charge in [0.15, 0.2) is 0 Å². The fourth-order valence-corrected chi connectivity index (χ4v) is 3.33. The number of hydrogen-bond donors (Lipinski definition) is 1. The summed E-state index contributed by atoms with van der Waals surface area (Å²) in [5.74, 6) is 0.383. The van der Waals surface area contributed by atoms with Crippen LogP contribution in [0.4, 0.5) is 0 Å². The minimum absolute atomic E-state index is 0.151. The molecule has 1 N–H and O–H groups in total. The van der Waals surface area contributed by atoms with E-state index in [4.69, 9.17) is 0 Å². The average molecular weight is 252 g/mol. The fourth-order valence-electron chi connectivity index (χ4n) is 3.33. The second-order valence-corrected chi connectivity index (χ2v) is 5.96. The highest BCUT2D eigenvalue weighted by Gasteiger charge is 2.47. The van der Waals surface area contributed by atoms with Crippen LogP contribution in [0.25, 0.3) is 0 Å². The second-order valence-electron chi connectivity index (χ2n) is 5.96. The topological polar surface area (TPSA) is 32.3 Å². The Morgan fingerprint density at radius 1 is 1.11 bits per heavy atom. The molecule has 3 heteroatoms. The van der Waals surface area contributed by atoms with E-state index in [0.29, 0.717) is 5.91 Å². The molecule has 1 amide bonds. The largest absolute Gasteiger partial charge is 0.328 e. The molecule has 3 nitrogen and oxygen atoms in total. The summed E-state index contributed by atoms with van der Waals surface area (Å²) in [5.41, 5.74) is -0.151. The third kappa shape index (κ3) is 3.05. The van der Waals surface area contributed by atoms with Gasteiger partial charge in [-0.1, -0.05) is 51.9 Å². The Morgan fingerprint density at radius 3 is 2.50 bits per heavy atom. The minimum atomic E-state index is -0.151. The highest BCUT2D eigenvalue weighted by Crippen LogP contribution is 2.34. The molecule has 0 unspecified atom stereocenters. The van der Waals surface area contributed by atoms with E-state index in [1.54, 1.807) is 0 Å². The van der Waals surface area contributed by atoms with Crippen LogP contribution in [0.2, 0.25) is 0 Å². The van der Waals surface area contributed by atoms with Crippen molar-refractivity contribution in [3.05, 3.63) is 0 Å². The van der Waals surface area contributed by atoms with E-state index in [1.165, 1.54) is 51.4 Å². The number of carbonyl (C=O) groups excluding carboxylic acids is 1. The fraction of sp³-hybridized carbons (Fsp3) is 0.933. The Labute approximate surface area is 111 Å². The van der Waals surface area contributed by atoms with E-state index in [0.717, 1.165) is 26.1 Å². The number of unbranched alkanes of at least 4 members (excludes halogenated alkanes) is 5. The predicted molar refractivity (Wildman–Crippen MR) is 74.3 cm³/mol. The second kappa shape index (κ2) is 6.55. The molecule has 0 atom stereocenters. The molecule has 1 aliphatic carbocycles. The number of rotatable bonds is 7. The first-order chi connectivity index (χ1) is 8.78. The summed E-state index contributed by atoms with van der Waals surface area (Å²) in [4.78, 5) is 14.4. The van der Waals surface area contributed by atoms with Gasteiger partial charge in [-0.25, -0.2) is 0 Å². The van der Waals surface area contributed by atoms with Crippen molar-refractivity contribution in [2.24, 2.45) is 0 Å². The van der Waals surface area contributed by atoms with Crippen LogP contribution in [0, 0.1) is 0 Å². The van der Waals surface area contributed by atoms with E-state index < -0.39 is 0 Å².